The number of aromatic hydroxyl groups is 1. The molecule has 0 bridgehead atoms. The lowest BCUT2D eigenvalue weighted by molar-refractivity contribution is 0.0446. The van der Waals surface area contributed by atoms with Gasteiger partial charge in [0, 0.05) is 5.56 Å². The summed E-state index contributed by atoms with van der Waals surface area (Å²) in [7, 11) is 4.33. The van der Waals surface area contributed by atoms with Crippen LogP contribution >= 0.6 is 0 Å². The average Bonchev–Trinajstić information content (AvgIpc) is 3.12. The van der Waals surface area contributed by atoms with E-state index in [4.69, 9.17) is 18.9 Å². The third-order valence-corrected chi connectivity index (χ3v) is 5.26. The first-order valence-electron chi connectivity index (χ1n) is 9.54. The fourth-order valence-electron chi connectivity index (χ4n) is 3.69. The van der Waals surface area contributed by atoms with Crippen molar-refractivity contribution in [2.75, 3.05) is 21.3 Å². The average molecular weight is 440 g/mol. The lowest BCUT2D eigenvalue weighted by Crippen LogP contribution is -2.33. The standard InChI is InChI=1S/C22H20N2O8/c1-29-12-6-4-11(5-7-12)10-24-20(26)16(19(25)23-22(24)28)17-13-8-9-14(30-2)18(31-3)15(13)21(27)32-17/h4-9,17,26H,10H2,1-3H3,(H,23,25,28)/t17-/m1/s1. The number of esters is 1. The number of aromatic amines is 1. The summed E-state index contributed by atoms with van der Waals surface area (Å²) in [6.07, 6.45) is -1.23. The molecule has 0 aliphatic carbocycles. The number of carbonyl (C=O) groups excluding carboxylic acids is 1. The van der Waals surface area contributed by atoms with Gasteiger partial charge in [0.1, 0.15) is 16.9 Å². The number of hydrogen-bond acceptors (Lipinski definition) is 8. The maximum atomic E-state index is 12.6. The number of carbonyl (C=O) groups is 1. The van der Waals surface area contributed by atoms with Crippen LogP contribution in [0, 0.1) is 0 Å². The van der Waals surface area contributed by atoms with Gasteiger partial charge in [0.2, 0.25) is 5.88 Å². The molecule has 3 aromatic rings. The van der Waals surface area contributed by atoms with Crippen LogP contribution in [0.4, 0.5) is 0 Å². The van der Waals surface area contributed by atoms with E-state index >= 15 is 0 Å². The van der Waals surface area contributed by atoms with Crippen molar-refractivity contribution >= 4 is 5.97 Å². The third-order valence-electron chi connectivity index (χ3n) is 5.26. The number of fused-ring (bicyclic) bond motifs is 1. The second kappa shape index (κ2) is 8.14. The highest BCUT2D eigenvalue weighted by atomic mass is 16.6. The van der Waals surface area contributed by atoms with E-state index < -0.39 is 29.2 Å². The summed E-state index contributed by atoms with van der Waals surface area (Å²) in [5.41, 5.74) is -0.858. The maximum Gasteiger partial charge on any atom is 0.343 e. The van der Waals surface area contributed by atoms with E-state index in [1.165, 1.54) is 21.3 Å². The molecule has 1 atom stereocenters. The molecule has 2 aromatic carbocycles. The second-order valence-electron chi connectivity index (χ2n) is 6.98. The van der Waals surface area contributed by atoms with Gasteiger partial charge in [0.05, 0.1) is 27.9 Å². The Morgan fingerprint density at radius 3 is 2.34 bits per heavy atom. The van der Waals surface area contributed by atoms with Gasteiger partial charge in [0.15, 0.2) is 17.6 Å². The van der Waals surface area contributed by atoms with E-state index in [2.05, 4.69) is 4.98 Å². The molecule has 0 saturated heterocycles. The van der Waals surface area contributed by atoms with E-state index in [0.717, 1.165) is 4.57 Å². The molecule has 2 N–H and O–H groups in total. The number of nitrogens with one attached hydrogen (secondary N) is 1. The molecule has 0 saturated carbocycles. The highest BCUT2D eigenvalue weighted by molar-refractivity contribution is 5.98. The van der Waals surface area contributed by atoms with Gasteiger partial charge in [-0.05, 0) is 23.8 Å². The van der Waals surface area contributed by atoms with Crippen molar-refractivity contribution < 1.29 is 28.8 Å². The Hall–Kier alpha value is -4.21. The van der Waals surface area contributed by atoms with E-state index in [0.29, 0.717) is 22.6 Å². The molecular weight excluding hydrogens is 420 g/mol. The van der Waals surface area contributed by atoms with Crippen LogP contribution in [-0.4, -0.2) is 42.0 Å². The number of cyclic esters (lactones) is 1. The number of aromatic nitrogens is 2. The van der Waals surface area contributed by atoms with Crippen molar-refractivity contribution in [3.63, 3.8) is 0 Å². The summed E-state index contributed by atoms with van der Waals surface area (Å²) in [4.78, 5) is 39.8. The van der Waals surface area contributed by atoms with Crippen LogP contribution in [0.1, 0.15) is 33.2 Å². The highest BCUT2D eigenvalue weighted by Crippen LogP contribution is 2.44. The molecule has 32 heavy (non-hydrogen) atoms. The molecule has 0 amide bonds. The number of nitrogens with zero attached hydrogens (tertiary/aromatic N) is 1. The summed E-state index contributed by atoms with van der Waals surface area (Å²) < 4.78 is 22.0. The molecule has 0 unspecified atom stereocenters. The smallest absolute Gasteiger partial charge is 0.343 e. The molecule has 0 radical (unpaired) electrons. The van der Waals surface area contributed by atoms with Crippen molar-refractivity contribution in [3.8, 4) is 23.1 Å². The number of methoxy groups -OCH3 is 3. The van der Waals surface area contributed by atoms with Crippen molar-refractivity contribution in [2.45, 2.75) is 12.6 Å². The minimum atomic E-state index is -1.23. The molecule has 10 nitrogen and oxygen atoms in total. The van der Waals surface area contributed by atoms with E-state index in [-0.39, 0.29) is 23.4 Å². The Kier molecular flexibility index (Phi) is 5.35. The zero-order valence-electron chi connectivity index (χ0n) is 17.5. The molecule has 4 rings (SSSR count). The van der Waals surface area contributed by atoms with Crippen molar-refractivity contribution in [3.05, 3.63) is 79.5 Å². The highest BCUT2D eigenvalue weighted by Gasteiger charge is 2.40. The Balaban J connectivity index is 1.82. The molecule has 166 valence electrons. The number of benzene rings is 2. The molecule has 0 spiro atoms. The molecular formula is C22H20N2O8. The largest absolute Gasteiger partial charge is 0.497 e. The lowest BCUT2D eigenvalue weighted by atomic mass is 9.99. The van der Waals surface area contributed by atoms with Gasteiger partial charge in [-0.25, -0.2) is 9.59 Å². The molecule has 1 aliphatic heterocycles. The number of rotatable bonds is 6. The predicted molar refractivity (Wildman–Crippen MR) is 112 cm³/mol. The third kappa shape index (κ3) is 3.35. The van der Waals surface area contributed by atoms with Crippen LogP contribution in [0.2, 0.25) is 0 Å². The minimum Gasteiger partial charge on any atom is -0.497 e. The fourth-order valence-corrected chi connectivity index (χ4v) is 3.69. The normalized spacial score (nSPS) is 14.6. The van der Waals surface area contributed by atoms with Crippen LogP contribution in [0.15, 0.2) is 46.0 Å². The summed E-state index contributed by atoms with van der Waals surface area (Å²) in [6, 6.07) is 9.96. The molecule has 2 heterocycles. The van der Waals surface area contributed by atoms with Crippen molar-refractivity contribution in [2.24, 2.45) is 0 Å². The van der Waals surface area contributed by atoms with Gasteiger partial charge in [-0.1, -0.05) is 18.2 Å². The SMILES string of the molecule is COc1ccc(Cn2c(O)c([C@@H]3OC(=O)c4c3ccc(OC)c4OC)c(=O)[nH]c2=O)cc1. The van der Waals surface area contributed by atoms with Crippen LogP contribution < -0.4 is 25.5 Å². The Morgan fingerprint density at radius 1 is 1.00 bits per heavy atom. The zero-order valence-corrected chi connectivity index (χ0v) is 17.5. The number of H-pyrrole nitrogens is 1. The zero-order chi connectivity index (χ0) is 23.0. The first-order valence-corrected chi connectivity index (χ1v) is 9.54. The van der Waals surface area contributed by atoms with Crippen LogP contribution in [0.25, 0.3) is 0 Å². The van der Waals surface area contributed by atoms with Gasteiger partial charge in [-0.2, -0.15) is 0 Å². The van der Waals surface area contributed by atoms with Crippen LogP contribution in [0.3, 0.4) is 0 Å². The van der Waals surface area contributed by atoms with Gasteiger partial charge in [-0.15, -0.1) is 0 Å². The summed E-state index contributed by atoms with van der Waals surface area (Å²) in [5.74, 6) is -0.250. The Bertz CT molecular complexity index is 1310. The van der Waals surface area contributed by atoms with Crippen LogP contribution in [-0.2, 0) is 11.3 Å². The molecule has 1 aliphatic rings. The van der Waals surface area contributed by atoms with Gasteiger partial charge in [-0.3, -0.25) is 14.3 Å². The molecule has 1 aromatic heterocycles. The second-order valence-corrected chi connectivity index (χ2v) is 6.98. The predicted octanol–water partition coefficient (Wildman–Crippen LogP) is 1.58. The summed E-state index contributed by atoms with van der Waals surface area (Å²) in [5, 5.41) is 10.9. The van der Waals surface area contributed by atoms with Gasteiger partial charge in [0.25, 0.3) is 5.56 Å². The summed E-state index contributed by atoms with van der Waals surface area (Å²) >= 11 is 0. The first-order chi connectivity index (χ1) is 15.4. The van der Waals surface area contributed by atoms with Gasteiger partial charge < -0.3 is 24.1 Å². The maximum absolute atomic E-state index is 12.6. The quantitative estimate of drug-likeness (QED) is 0.553. The minimum absolute atomic E-state index is 0.0299. The number of hydrogen-bond donors (Lipinski definition) is 2. The first kappa shape index (κ1) is 21.0. The van der Waals surface area contributed by atoms with E-state index in [1.54, 1.807) is 36.4 Å². The molecule has 0 fully saturated rings. The Labute approximate surface area is 181 Å². The molecule has 10 heteroatoms. The van der Waals surface area contributed by atoms with Crippen molar-refractivity contribution in [1.82, 2.24) is 9.55 Å². The summed E-state index contributed by atoms with van der Waals surface area (Å²) in [6.45, 7) is -0.0299. The van der Waals surface area contributed by atoms with Gasteiger partial charge >= 0.3 is 11.7 Å². The number of ether oxygens (including phenoxy) is 4. The van der Waals surface area contributed by atoms with Crippen molar-refractivity contribution in [1.29, 1.82) is 0 Å². The lowest BCUT2D eigenvalue weighted by Gasteiger charge is -2.16. The van der Waals surface area contributed by atoms with E-state index in [1.807, 2.05) is 0 Å². The van der Waals surface area contributed by atoms with Crippen LogP contribution in [0.5, 0.6) is 23.1 Å². The topological polar surface area (TPSA) is 129 Å². The monoisotopic (exact) mass is 440 g/mol. The Morgan fingerprint density at radius 2 is 1.72 bits per heavy atom. The van der Waals surface area contributed by atoms with E-state index in [9.17, 15) is 19.5 Å². The fraction of sp³-hybridized carbons (Fsp3) is 0.227.